The molecule has 4 aromatic rings. The van der Waals surface area contributed by atoms with E-state index in [4.69, 9.17) is 21.7 Å². The third kappa shape index (κ3) is 5.48. The number of nitrogens with one attached hydrogen (secondary N) is 2. The summed E-state index contributed by atoms with van der Waals surface area (Å²) in [5.74, 6) is 0.877. The molecule has 11 nitrogen and oxygen atoms in total. The smallest absolute Gasteiger partial charge is 0.271 e. The average Bonchev–Trinajstić information content (AvgIpc) is 3.51. The molecule has 0 bridgehead atoms. The van der Waals surface area contributed by atoms with Gasteiger partial charge in [-0.2, -0.15) is 0 Å². The van der Waals surface area contributed by atoms with E-state index >= 15 is 0 Å². The van der Waals surface area contributed by atoms with Crippen molar-refractivity contribution in [3.05, 3.63) is 99.6 Å². The average molecular weight is 601 g/mol. The maximum absolute atomic E-state index is 12.1. The second-order valence-electron chi connectivity index (χ2n) is 10.1. The van der Waals surface area contributed by atoms with E-state index in [0.29, 0.717) is 34.4 Å². The van der Waals surface area contributed by atoms with E-state index < -0.39 is 4.92 Å². The molecule has 0 saturated carbocycles. The van der Waals surface area contributed by atoms with E-state index in [0.717, 1.165) is 28.3 Å². The van der Waals surface area contributed by atoms with Crippen molar-refractivity contribution in [2.24, 2.45) is 0 Å². The summed E-state index contributed by atoms with van der Waals surface area (Å²) in [6, 6.07) is 17.2. The Bertz CT molecular complexity index is 1710. The summed E-state index contributed by atoms with van der Waals surface area (Å²) >= 11 is 5.91. The molecule has 1 amide bonds. The molecule has 1 aliphatic heterocycles. The second kappa shape index (κ2) is 12.1. The predicted octanol–water partition coefficient (Wildman–Crippen LogP) is 5.94. The molecule has 2 aromatic heterocycles. The number of thiocarbonyl (C=S) groups is 1. The number of carbonyl (C=O) groups is 1. The number of carbonyl (C=O) groups excluding carboxylic acids is 1. The molecule has 1 saturated heterocycles. The van der Waals surface area contributed by atoms with Crippen LogP contribution in [0.4, 0.5) is 17.1 Å². The lowest BCUT2D eigenvalue weighted by molar-refractivity contribution is -0.384. The van der Waals surface area contributed by atoms with Crippen LogP contribution < -0.4 is 25.0 Å². The van der Waals surface area contributed by atoms with Gasteiger partial charge in [0.2, 0.25) is 5.91 Å². The summed E-state index contributed by atoms with van der Waals surface area (Å²) in [7, 11) is 3.09. The standard InChI is InChI=1S/C31H32N6O5S/c1-6-28(38)33-23-12-10-20(17-27(23)42-5)36-30(29(34-31(36)43)24-9-7-8-14-32-24)22-15-18(2)35(19(22)3)25-16-21(37(39)40)11-13-26(25)41-4/h7-17,29-30H,6H2,1-5H3,(H,33,38)(H,34,43)/t29-,30+/m1/s1. The first-order chi connectivity index (χ1) is 20.7. The van der Waals surface area contributed by atoms with Gasteiger partial charge in [0.15, 0.2) is 5.11 Å². The van der Waals surface area contributed by atoms with Gasteiger partial charge in [-0.05, 0) is 68.0 Å². The number of hydrogen-bond acceptors (Lipinski definition) is 7. The normalized spacial score (nSPS) is 16.1. The molecule has 0 unspecified atom stereocenters. The number of nitro benzene ring substituents is 1. The molecular formula is C31H32N6O5S. The fourth-order valence-electron chi connectivity index (χ4n) is 5.55. The van der Waals surface area contributed by atoms with Gasteiger partial charge in [0.1, 0.15) is 11.5 Å². The first-order valence-electron chi connectivity index (χ1n) is 13.7. The molecule has 0 radical (unpaired) electrons. The summed E-state index contributed by atoms with van der Waals surface area (Å²) in [6.07, 6.45) is 2.08. The van der Waals surface area contributed by atoms with Crippen LogP contribution in [0.3, 0.4) is 0 Å². The number of nitrogens with zero attached hydrogens (tertiary/aromatic N) is 4. The minimum atomic E-state index is -0.420. The van der Waals surface area contributed by atoms with Gasteiger partial charge in [0.05, 0.1) is 48.3 Å². The number of aryl methyl sites for hydroxylation is 1. The quantitative estimate of drug-likeness (QED) is 0.136. The maximum atomic E-state index is 12.1. The lowest BCUT2D eigenvalue weighted by Crippen LogP contribution is -2.29. The van der Waals surface area contributed by atoms with Crippen LogP contribution in [-0.4, -0.2) is 39.7 Å². The number of non-ortho nitro benzene ring substituents is 1. The van der Waals surface area contributed by atoms with E-state index in [1.807, 2.05) is 53.6 Å². The van der Waals surface area contributed by atoms with Crippen molar-refractivity contribution in [1.29, 1.82) is 0 Å². The lowest BCUT2D eigenvalue weighted by atomic mass is 9.96. The van der Waals surface area contributed by atoms with Gasteiger partial charge >= 0.3 is 0 Å². The van der Waals surface area contributed by atoms with Gasteiger partial charge in [0, 0.05) is 47.9 Å². The Morgan fingerprint density at radius 2 is 1.86 bits per heavy atom. The minimum Gasteiger partial charge on any atom is -0.495 e. The molecule has 3 heterocycles. The second-order valence-corrected chi connectivity index (χ2v) is 10.4. The molecule has 43 heavy (non-hydrogen) atoms. The van der Waals surface area contributed by atoms with E-state index in [1.165, 1.54) is 19.2 Å². The predicted molar refractivity (Wildman–Crippen MR) is 168 cm³/mol. The van der Waals surface area contributed by atoms with Crippen molar-refractivity contribution in [2.75, 3.05) is 24.4 Å². The number of amides is 1. The topological polar surface area (TPSA) is 124 Å². The molecule has 1 fully saturated rings. The monoisotopic (exact) mass is 600 g/mol. The number of benzene rings is 2. The van der Waals surface area contributed by atoms with Gasteiger partial charge < -0.3 is 29.6 Å². The van der Waals surface area contributed by atoms with Crippen LogP contribution in [0.5, 0.6) is 11.5 Å². The van der Waals surface area contributed by atoms with Crippen LogP contribution in [0.25, 0.3) is 5.69 Å². The van der Waals surface area contributed by atoms with Crippen LogP contribution in [-0.2, 0) is 4.79 Å². The van der Waals surface area contributed by atoms with Gasteiger partial charge in [-0.25, -0.2) is 0 Å². The van der Waals surface area contributed by atoms with Gasteiger partial charge in [0.25, 0.3) is 5.69 Å². The van der Waals surface area contributed by atoms with Crippen LogP contribution in [0.1, 0.15) is 48.1 Å². The Kier molecular flexibility index (Phi) is 8.31. The zero-order chi connectivity index (χ0) is 30.8. The molecule has 5 rings (SSSR count). The number of ether oxygens (including phenoxy) is 2. The number of rotatable bonds is 9. The number of pyridine rings is 1. The fraction of sp³-hybridized carbons (Fsp3) is 0.258. The molecule has 222 valence electrons. The molecule has 2 aromatic carbocycles. The number of methoxy groups -OCH3 is 2. The summed E-state index contributed by atoms with van der Waals surface area (Å²) in [5, 5.41) is 18.5. The van der Waals surface area contributed by atoms with E-state index in [9.17, 15) is 14.9 Å². The number of nitro groups is 1. The Balaban J connectivity index is 1.68. The Morgan fingerprint density at radius 1 is 1.09 bits per heavy atom. The first-order valence-corrected chi connectivity index (χ1v) is 14.1. The number of anilines is 2. The highest BCUT2D eigenvalue weighted by molar-refractivity contribution is 7.80. The Labute approximate surface area is 254 Å². The van der Waals surface area contributed by atoms with Crippen molar-refractivity contribution < 1.29 is 19.2 Å². The van der Waals surface area contributed by atoms with Crippen molar-refractivity contribution >= 4 is 40.3 Å². The molecule has 1 aliphatic rings. The van der Waals surface area contributed by atoms with Crippen LogP contribution >= 0.6 is 12.2 Å². The lowest BCUT2D eigenvalue weighted by Gasteiger charge is -2.29. The molecule has 0 aliphatic carbocycles. The number of hydrogen-bond donors (Lipinski definition) is 2. The zero-order valence-electron chi connectivity index (χ0n) is 24.5. The maximum Gasteiger partial charge on any atom is 0.271 e. The van der Waals surface area contributed by atoms with Crippen LogP contribution in [0.15, 0.2) is 66.9 Å². The van der Waals surface area contributed by atoms with Gasteiger partial charge in [-0.3, -0.25) is 19.9 Å². The summed E-state index contributed by atoms with van der Waals surface area (Å²) in [6.45, 7) is 5.70. The summed E-state index contributed by atoms with van der Waals surface area (Å²) < 4.78 is 13.2. The van der Waals surface area contributed by atoms with E-state index in [1.54, 1.807) is 32.4 Å². The van der Waals surface area contributed by atoms with Crippen molar-refractivity contribution in [3.8, 4) is 17.2 Å². The fourth-order valence-corrected chi connectivity index (χ4v) is 5.89. The highest BCUT2D eigenvalue weighted by Gasteiger charge is 2.42. The van der Waals surface area contributed by atoms with Crippen molar-refractivity contribution in [2.45, 2.75) is 39.3 Å². The van der Waals surface area contributed by atoms with Crippen LogP contribution in [0, 0.1) is 24.0 Å². The zero-order valence-corrected chi connectivity index (χ0v) is 25.3. The first kappa shape index (κ1) is 29.5. The SMILES string of the molecule is CCC(=O)Nc1ccc(N2C(=S)N[C@H](c3ccccn3)[C@@H]2c2cc(C)n(-c3cc([N+](=O)[O-])ccc3OC)c2C)cc1OC. The molecule has 2 atom stereocenters. The third-order valence-electron chi connectivity index (χ3n) is 7.56. The number of aromatic nitrogens is 2. The van der Waals surface area contributed by atoms with Crippen molar-refractivity contribution in [3.63, 3.8) is 0 Å². The van der Waals surface area contributed by atoms with Gasteiger partial charge in [-0.1, -0.05) is 13.0 Å². The van der Waals surface area contributed by atoms with Crippen LogP contribution in [0.2, 0.25) is 0 Å². The molecule has 2 N–H and O–H groups in total. The highest BCUT2D eigenvalue weighted by atomic mass is 32.1. The molecular weight excluding hydrogens is 568 g/mol. The van der Waals surface area contributed by atoms with E-state index in [-0.39, 0.29) is 23.7 Å². The minimum absolute atomic E-state index is 0.0381. The van der Waals surface area contributed by atoms with Crippen molar-refractivity contribution in [1.82, 2.24) is 14.9 Å². The summed E-state index contributed by atoms with van der Waals surface area (Å²) in [5.41, 5.74) is 5.30. The Hall–Kier alpha value is -4.97. The largest absolute Gasteiger partial charge is 0.495 e. The Morgan fingerprint density at radius 3 is 2.51 bits per heavy atom. The molecule has 0 spiro atoms. The third-order valence-corrected chi connectivity index (χ3v) is 7.87. The summed E-state index contributed by atoms with van der Waals surface area (Å²) in [4.78, 5) is 30.0. The van der Waals surface area contributed by atoms with Gasteiger partial charge in [-0.15, -0.1) is 0 Å². The molecule has 12 heteroatoms. The van der Waals surface area contributed by atoms with E-state index in [2.05, 4.69) is 21.7 Å². The highest BCUT2D eigenvalue weighted by Crippen LogP contribution is 2.45.